The normalized spacial score (nSPS) is 11.5. The summed E-state index contributed by atoms with van der Waals surface area (Å²) in [5, 5.41) is 3.56. The van der Waals surface area contributed by atoms with Crippen molar-refractivity contribution in [3.8, 4) is 0 Å². The minimum absolute atomic E-state index is 0. The maximum atomic E-state index is 11.8. The molecule has 0 radical (unpaired) electrons. The van der Waals surface area contributed by atoms with Crippen molar-refractivity contribution in [2.24, 2.45) is 5.73 Å². The molecule has 0 heterocycles. The van der Waals surface area contributed by atoms with Crippen LogP contribution in [0, 0.1) is 0 Å². The molecule has 0 aromatic heterocycles. The van der Waals surface area contributed by atoms with Crippen LogP contribution in [-0.4, -0.2) is 19.0 Å². The van der Waals surface area contributed by atoms with E-state index in [9.17, 15) is 4.79 Å². The molecule has 0 bridgehead atoms. The van der Waals surface area contributed by atoms with Crippen LogP contribution in [0.5, 0.6) is 0 Å². The van der Waals surface area contributed by atoms with Crippen LogP contribution in [0.15, 0.2) is 24.3 Å². The number of amides is 1. The minimum Gasteiger partial charge on any atom is -0.356 e. The van der Waals surface area contributed by atoms with Crippen LogP contribution in [0.4, 0.5) is 0 Å². The highest BCUT2D eigenvalue weighted by molar-refractivity contribution is 6.30. The summed E-state index contributed by atoms with van der Waals surface area (Å²) >= 11 is 5.89. The summed E-state index contributed by atoms with van der Waals surface area (Å²) in [7, 11) is 0. The standard InChI is InChI=1S/C13H19ClN2O.ClH/c1-10(11-5-4-6-12(14)9-11)13(17)16-8-3-2-7-15;/h4-6,9-10H,2-3,7-8,15H2,1H3,(H,16,17);1H. The highest BCUT2D eigenvalue weighted by atomic mass is 35.5. The first-order valence-corrected chi connectivity index (χ1v) is 6.26. The number of carbonyl (C=O) groups excluding carboxylic acids is 1. The lowest BCUT2D eigenvalue weighted by molar-refractivity contribution is -0.122. The predicted molar refractivity (Wildman–Crippen MR) is 78.4 cm³/mol. The third-order valence-electron chi connectivity index (χ3n) is 2.67. The van der Waals surface area contributed by atoms with Gasteiger partial charge in [0.15, 0.2) is 0 Å². The summed E-state index contributed by atoms with van der Waals surface area (Å²) < 4.78 is 0. The van der Waals surface area contributed by atoms with Crippen molar-refractivity contribution in [1.29, 1.82) is 0 Å². The van der Waals surface area contributed by atoms with Crippen LogP contribution >= 0.6 is 24.0 Å². The number of nitrogens with two attached hydrogens (primary N) is 1. The Kier molecular flexibility index (Phi) is 8.81. The molecule has 0 aliphatic rings. The highest BCUT2D eigenvalue weighted by Crippen LogP contribution is 2.19. The zero-order chi connectivity index (χ0) is 12.7. The van der Waals surface area contributed by atoms with E-state index in [1.165, 1.54) is 0 Å². The maximum absolute atomic E-state index is 11.8. The van der Waals surface area contributed by atoms with Gasteiger partial charge in [0.2, 0.25) is 5.91 Å². The van der Waals surface area contributed by atoms with Gasteiger partial charge in [-0.25, -0.2) is 0 Å². The van der Waals surface area contributed by atoms with E-state index < -0.39 is 0 Å². The van der Waals surface area contributed by atoms with Crippen molar-refractivity contribution < 1.29 is 4.79 Å². The Morgan fingerprint density at radius 1 is 1.44 bits per heavy atom. The molecule has 1 aromatic carbocycles. The molecule has 18 heavy (non-hydrogen) atoms. The molecule has 102 valence electrons. The SMILES string of the molecule is CC(C(=O)NCCCCN)c1cccc(Cl)c1.Cl. The molecule has 0 saturated heterocycles. The minimum atomic E-state index is -0.174. The largest absolute Gasteiger partial charge is 0.356 e. The van der Waals surface area contributed by atoms with Gasteiger partial charge in [-0.15, -0.1) is 12.4 Å². The Hall–Kier alpha value is -0.770. The number of unbranched alkanes of at least 4 members (excludes halogenated alkanes) is 1. The number of nitrogens with one attached hydrogen (secondary N) is 1. The molecular formula is C13H20Cl2N2O. The summed E-state index contributed by atoms with van der Waals surface area (Å²) in [6.45, 7) is 3.23. The van der Waals surface area contributed by atoms with Crippen LogP contribution in [-0.2, 0) is 4.79 Å². The van der Waals surface area contributed by atoms with Crippen molar-refractivity contribution in [2.75, 3.05) is 13.1 Å². The molecule has 0 spiro atoms. The van der Waals surface area contributed by atoms with E-state index in [1.54, 1.807) is 6.07 Å². The van der Waals surface area contributed by atoms with E-state index in [4.69, 9.17) is 17.3 Å². The van der Waals surface area contributed by atoms with E-state index in [2.05, 4.69) is 5.32 Å². The second-order valence-corrected chi connectivity index (χ2v) is 4.50. The van der Waals surface area contributed by atoms with Gasteiger partial charge in [-0.1, -0.05) is 23.7 Å². The van der Waals surface area contributed by atoms with Gasteiger partial charge >= 0.3 is 0 Å². The van der Waals surface area contributed by atoms with E-state index in [1.807, 2.05) is 25.1 Å². The molecule has 3 nitrogen and oxygen atoms in total. The van der Waals surface area contributed by atoms with Gasteiger partial charge in [-0.05, 0) is 44.0 Å². The number of hydrogen-bond donors (Lipinski definition) is 2. The third kappa shape index (κ3) is 5.71. The fraction of sp³-hybridized carbons (Fsp3) is 0.462. The first-order valence-electron chi connectivity index (χ1n) is 5.88. The van der Waals surface area contributed by atoms with Crippen LogP contribution in [0.2, 0.25) is 5.02 Å². The summed E-state index contributed by atoms with van der Waals surface area (Å²) in [4.78, 5) is 11.8. The molecule has 1 rings (SSSR count). The average molecular weight is 291 g/mol. The van der Waals surface area contributed by atoms with E-state index in [0.717, 1.165) is 18.4 Å². The van der Waals surface area contributed by atoms with Gasteiger partial charge in [0.1, 0.15) is 0 Å². The van der Waals surface area contributed by atoms with Crippen molar-refractivity contribution in [1.82, 2.24) is 5.32 Å². The third-order valence-corrected chi connectivity index (χ3v) is 2.91. The summed E-state index contributed by atoms with van der Waals surface area (Å²) in [6, 6.07) is 7.40. The quantitative estimate of drug-likeness (QED) is 0.792. The van der Waals surface area contributed by atoms with Gasteiger partial charge in [-0.3, -0.25) is 4.79 Å². The number of halogens is 2. The smallest absolute Gasteiger partial charge is 0.227 e. The molecule has 0 aliphatic carbocycles. The highest BCUT2D eigenvalue weighted by Gasteiger charge is 2.14. The van der Waals surface area contributed by atoms with Crippen LogP contribution in [0.25, 0.3) is 0 Å². The van der Waals surface area contributed by atoms with Gasteiger partial charge in [0.05, 0.1) is 5.92 Å². The molecule has 0 saturated carbocycles. The number of carbonyl (C=O) groups is 1. The van der Waals surface area contributed by atoms with E-state index in [-0.39, 0.29) is 24.2 Å². The van der Waals surface area contributed by atoms with E-state index >= 15 is 0 Å². The maximum Gasteiger partial charge on any atom is 0.227 e. The number of hydrogen-bond acceptors (Lipinski definition) is 2. The van der Waals surface area contributed by atoms with Gasteiger partial charge in [-0.2, -0.15) is 0 Å². The molecule has 1 aromatic rings. The van der Waals surface area contributed by atoms with Gasteiger partial charge in [0, 0.05) is 11.6 Å². The van der Waals surface area contributed by atoms with Crippen molar-refractivity contribution in [2.45, 2.75) is 25.7 Å². The van der Waals surface area contributed by atoms with Crippen LogP contribution in [0.1, 0.15) is 31.2 Å². The molecule has 0 aliphatic heterocycles. The van der Waals surface area contributed by atoms with Crippen LogP contribution < -0.4 is 11.1 Å². The van der Waals surface area contributed by atoms with Crippen LogP contribution in [0.3, 0.4) is 0 Å². The molecule has 3 N–H and O–H groups in total. The first kappa shape index (κ1) is 17.2. The lowest BCUT2D eigenvalue weighted by Gasteiger charge is -2.12. The molecule has 5 heteroatoms. The molecule has 1 atom stereocenters. The Labute approximate surface area is 119 Å². The second-order valence-electron chi connectivity index (χ2n) is 4.06. The zero-order valence-corrected chi connectivity index (χ0v) is 12.1. The van der Waals surface area contributed by atoms with Crippen molar-refractivity contribution >= 4 is 29.9 Å². The van der Waals surface area contributed by atoms with Crippen molar-refractivity contribution in [3.05, 3.63) is 34.9 Å². The van der Waals surface area contributed by atoms with E-state index in [0.29, 0.717) is 18.1 Å². The Morgan fingerprint density at radius 3 is 2.78 bits per heavy atom. The lowest BCUT2D eigenvalue weighted by atomic mass is 10.0. The van der Waals surface area contributed by atoms with Gasteiger partial charge < -0.3 is 11.1 Å². The molecule has 1 amide bonds. The molecule has 1 unspecified atom stereocenters. The average Bonchev–Trinajstić information content (AvgIpc) is 2.33. The predicted octanol–water partition coefficient (Wildman–Crippen LogP) is 2.72. The van der Waals surface area contributed by atoms with Crippen molar-refractivity contribution in [3.63, 3.8) is 0 Å². The second kappa shape index (κ2) is 9.20. The Balaban J connectivity index is 0.00000289. The zero-order valence-electron chi connectivity index (χ0n) is 10.5. The Bertz CT molecular complexity index is 372. The monoisotopic (exact) mass is 290 g/mol. The topological polar surface area (TPSA) is 55.1 Å². The fourth-order valence-electron chi connectivity index (χ4n) is 1.56. The molecule has 0 fully saturated rings. The summed E-state index contributed by atoms with van der Waals surface area (Å²) in [6.07, 6.45) is 1.86. The number of benzene rings is 1. The summed E-state index contributed by atoms with van der Waals surface area (Å²) in [5.41, 5.74) is 6.32. The molecular weight excluding hydrogens is 271 g/mol. The lowest BCUT2D eigenvalue weighted by Crippen LogP contribution is -2.29. The number of rotatable bonds is 6. The Morgan fingerprint density at radius 2 is 2.17 bits per heavy atom. The first-order chi connectivity index (χ1) is 8.15. The fourth-order valence-corrected chi connectivity index (χ4v) is 1.76. The summed E-state index contributed by atoms with van der Waals surface area (Å²) in [5.74, 6) is -0.143. The van der Waals surface area contributed by atoms with Gasteiger partial charge in [0.25, 0.3) is 0 Å².